The number of carbonyl (C=O) groups excluding carboxylic acids is 1. The lowest BCUT2D eigenvalue weighted by Gasteiger charge is -2.29. The highest BCUT2D eigenvalue weighted by molar-refractivity contribution is 6.07. The Morgan fingerprint density at radius 2 is 2.00 bits per heavy atom. The molecule has 1 N–H and O–H groups in total. The highest BCUT2D eigenvalue weighted by atomic mass is 19.4. The number of rotatable bonds is 5. The fourth-order valence-corrected chi connectivity index (χ4v) is 5.31. The number of carbonyl (C=O) groups is 2. The van der Waals surface area contributed by atoms with Crippen molar-refractivity contribution in [2.24, 2.45) is 22.7 Å². The molecular formula is C24H32F3N3O4. The predicted molar refractivity (Wildman–Crippen MR) is 121 cm³/mol. The molecule has 1 aromatic rings. The summed E-state index contributed by atoms with van der Waals surface area (Å²) in [5.74, 6) is 0.703. The molecule has 0 unspecified atom stereocenters. The maximum Gasteiger partial charge on any atom is 0.490 e. The summed E-state index contributed by atoms with van der Waals surface area (Å²) in [6.45, 7) is 10.0. The zero-order chi connectivity index (χ0) is 25.3. The molecule has 0 radical (unpaired) electrons. The van der Waals surface area contributed by atoms with Crippen molar-refractivity contribution in [3.63, 3.8) is 0 Å². The first-order valence-electron chi connectivity index (χ1n) is 11.4. The van der Waals surface area contributed by atoms with E-state index in [9.17, 15) is 18.0 Å². The number of benzene rings is 1. The monoisotopic (exact) mass is 483 g/mol. The molecular weight excluding hydrogens is 451 g/mol. The average molecular weight is 484 g/mol. The van der Waals surface area contributed by atoms with E-state index in [0.29, 0.717) is 17.8 Å². The van der Waals surface area contributed by atoms with Crippen LogP contribution in [0.5, 0.6) is 5.75 Å². The number of fused-ring (bicyclic) bond motifs is 2. The van der Waals surface area contributed by atoms with Gasteiger partial charge >= 0.3 is 12.1 Å². The quantitative estimate of drug-likeness (QED) is 0.689. The lowest BCUT2D eigenvalue weighted by Crippen LogP contribution is -2.47. The number of amidine groups is 1. The smallest absolute Gasteiger partial charge is 0.490 e. The molecule has 0 aromatic heterocycles. The van der Waals surface area contributed by atoms with Crippen LogP contribution in [0.1, 0.15) is 39.2 Å². The van der Waals surface area contributed by atoms with Crippen molar-refractivity contribution in [1.29, 1.82) is 0 Å². The van der Waals surface area contributed by atoms with Crippen molar-refractivity contribution < 1.29 is 32.6 Å². The van der Waals surface area contributed by atoms with E-state index in [-0.39, 0.29) is 5.91 Å². The van der Waals surface area contributed by atoms with Crippen LogP contribution in [-0.2, 0) is 16.1 Å². The summed E-state index contributed by atoms with van der Waals surface area (Å²) in [7, 11) is 1.71. The zero-order valence-corrected chi connectivity index (χ0v) is 19.9. The third-order valence-electron chi connectivity index (χ3n) is 6.72. The number of hydrogen-bond donors (Lipinski definition) is 1. The van der Waals surface area contributed by atoms with Crippen molar-refractivity contribution >= 4 is 17.7 Å². The van der Waals surface area contributed by atoms with Crippen molar-refractivity contribution in [3.05, 3.63) is 29.8 Å². The molecule has 3 atom stereocenters. The number of ether oxygens (including phenoxy) is 1. The van der Waals surface area contributed by atoms with Crippen LogP contribution in [0, 0.1) is 17.8 Å². The van der Waals surface area contributed by atoms with Gasteiger partial charge in [0.1, 0.15) is 17.1 Å². The predicted octanol–water partition coefficient (Wildman–Crippen LogP) is 3.83. The Labute approximate surface area is 197 Å². The molecule has 1 aliphatic carbocycles. The van der Waals surface area contributed by atoms with Gasteiger partial charge in [0.05, 0.1) is 7.11 Å². The number of methoxy groups -OCH3 is 1. The number of halogens is 3. The minimum Gasteiger partial charge on any atom is -0.497 e. The summed E-state index contributed by atoms with van der Waals surface area (Å²) in [6, 6.07) is 8.29. The maximum absolute atomic E-state index is 13.3. The number of aliphatic imine (C=N–C) groups is 1. The molecule has 1 saturated carbocycles. The van der Waals surface area contributed by atoms with Gasteiger partial charge in [0.15, 0.2) is 0 Å². The van der Waals surface area contributed by atoms with Gasteiger partial charge in [-0.3, -0.25) is 19.6 Å². The molecule has 1 saturated heterocycles. The second-order valence-corrected chi connectivity index (χ2v) is 9.65. The van der Waals surface area contributed by atoms with Crippen LogP contribution in [-0.4, -0.2) is 71.1 Å². The first kappa shape index (κ1) is 26.0. The minimum absolute atomic E-state index is 0.254. The van der Waals surface area contributed by atoms with Gasteiger partial charge in [-0.05, 0) is 49.3 Å². The number of nitrogens with zero attached hydrogens (tertiary/aromatic N) is 3. The number of alkyl halides is 3. The first-order valence-corrected chi connectivity index (χ1v) is 11.4. The minimum atomic E-state index is -5.08. The Balaban J connectivity index is 0.000000406. The molecule has 0 bridgehead atoms. The molecule has 7 nitrogen and oxygen atoms in total. The number of amides is 1. The Kier molecular flexibility index (Phi) is 7.59. The van der Waals surface area contributed by atoms with Gasteiger partial charge < -0.3 is 9.84 Å². The molecule has 3 aliphatic rings. The van der Waals surface area contributed by atoms with Gasteiger partial charge in [0.25, 0.3) is 5.91 Å². The fraction of sp³-hybridized carbons (Fsp3) is 0.625. The third-order valence-corrected chi connectivity index (χ3v) is 6.72. The number of aliphatic carboxylic acids is 1. The molecule has 2 aliphatic heterocycles. The van der Waals surface area contributed by atoms with Gasteiger partial charge in [-0.1, -0.05) is 26.0 Å². The Morgan fingerprint density at radius 3 is 2.59 bits per heavy atom. The number of carboxylic acid groups (broad SMARTS) is 1. The van der Waals surface area contributed by atoms with Crippen molar-refractivity contribution in [3.8, 4) is 5.75 Å². The highest BCUT2D eigenvalue weighted by Gasteiger charge is 2.60. The van der Waals surface area contributed by atoms with E-state index in [1.807, 2.05) is 24.0 Å². The molecule has 4 rings (SSSR count). The van der Waals surface area contributed by atoms with Crippen LogP contribution in [0.25, 0.3) is 0 Å². The van der Waals surface area contributed by atoms with E-state index in [0.717, 1.165) is 50.6 Å². The molecule has 10 heteroatoms. The van der Waals surface area contributed by atoms with Crippen LogP contribution >= 0.6 is 0 Å². The first-order chi connectivity index (χ1) is 15.9. The summed E-state index contributed by atoms with van der Waals surface area (Å²) < 4.78 is 37.1. The standard InChI is InChI=1S/C22H31N3O2.C2HF3O2/c1-15(2)11-25-16(3)23-22(21(25)26)9-8-18-13-24(14-20(18)22)12-17-6-5-7-19(10-17)27-4;3-2(4,5)1(6)7/h5-7,10,15,18,20H,8-9,11-14H2,1-4H3;(H,6,7)/t18-,20+,22-;/m1./s1. The largest absolute Gasteiger partial charge is 0.497 e. The molecule has 2 heterocycles. The number of carboxylic acids is 1. The Morgan fingerprint density at radius 1 is 1.32 bits per heavy atom. The molecule has 1 aromatic carbocycles. The average Bonchev–Trinajstić information content (AvgIpc) is 3.37. The van der Waals surface area contributed by atoms with E-state index in [1.165, 1.54) is 5.56 Å². The Bertz CT molecular complexity index is 950. The van der Waals surface area contributed by atoms with Crippen LogP contribution < -0.4 is 4.74 Å². The summed E-state index contributed by atoms with van der Waals surface area (Å²) in [4.78, 5) is 31.7. The van der Waals surface area contributed by atoms with Crippen molar-refractivity contribution in [2.75, 3.05) is 26.7 Å². The second-order valence-electron chi connectivity index (χ2n) is 9.65. The fourth-order valence-electron chi connectivity index (χ4n) is 5.31. The topological polar surface area (TPSA) is 82.4 Å². The molecule has 34 heavy (non-hydrogen) atoms. The summed E-state index contributed by atoms with van der Waals surface area (Å²) >= 11 is 0. The molecule has 1 amide bonds. The van der Waals surface area contributed by atoms with Gasteiger partial charge in [0, 0.05) is 32.1 Å². The van der Waals surface area contributed by atoms with Crippen LogP contribution in [0.15, 0.2) is 29.3 Å². The molecule has 188 valence electrons. The van der Waals surface area contributed by atoms with Gasteiger partial charge in [-0.2, -0.15) is 13.2 Å². The van der Waals surface area contributed by atoms with Gasteiger partial charge in [-0.15, -0.1) is 0 Å². The van der Waals surface area contributed by atoms with E-state index in [4.69, 9.17) is 19.6 Å². The van der Waals surface area contributed by atoms with Gasteiger partial charge in [-0.25, -0.2) is 4.79 Å². The van der Waals surface area contributed by atoms with Crippen LogP contribution in [0.3, 0.4) is 0 Å². The summed E-state index contributed by atoms with van der Waals surface area (Å²) in [5.41, 5.74) is 0.773. The SMILES string of the molecule is COc1cccc(CN2C[C@H]3CC[C@@]4(N=C(C)N(CC(C)C)C4=O)[C@H]3C2)c1.O=C(O)C(F)(F)F. The van der Waals surface area contributed by atoms with Crippen LogP contribution in [0.2, 0.25) is 0 Å². The lowest BCUT2D eigenvalue weighted by atomic mass is 9.84. The van der Waals surface area contributed by atoms with E-state index in [1.54, 1.807) is 7.11 Å². The number of likely N-dealkylation sites (tertiary alicyclic amines) is 1. The maximum atomic E-state index is 13.3. The number of hydrogen-bond acceptors (Lipinski definition) is 5. The van der Waals surface area contributed by atoms with Gasteiger partial charge in [0.2, 0.25) is 0 Å². The Hall–Kier alpha value is -2.62. The third kappa shape index (κ3) is 5.37. The molecule has 1 spiro atoms. The van der Waals surface area contributed by atoms with Crippen molar-refractivity contribution in [1.82, 2.24) is 9.80 Å². The summed E-state index contributed by atoms with van der Waals surface area (Å²) in [6.07, 6.45) is -3.06. The van der Waals surface area contributed by atoms with E-state index < -0.39 is 17.7 Å². The van der Waals surface area contributed by atoms with E-state index in [2.05, 4.69) is 30.9 Å². The summed E-state index contributed by atoms with van der Waals surface area (Å²) in [5, 5.41) is 7.12. The van der Waals surface area contributed by atoms with Crippen LogP contribution in [0.4, 0.5) is 13.2 Å². The lowest BCUT2D eigenvalue weighted by molar-refractivity contribution is -0.192. The van der Waals surface area contributed by atoms with E-state index >= 15 is 0 Å². The second kappa shape index (κ2) is 9.93. The molecule has 2 fully saturated rings. The van der Waals surface area contributed by atoms with Crippen molar-refractivity contribution in [2.45, 2.75) is 51.9 Å². The normalized spacial score (nSPS) is 26.5. The highest BCUT2D eigenvalue weighted by Crippen LogP contribution is 2.50. The zero-order valence-electron chi connectivity index (χ0n) is 19.9.